The van der Waals surface area contributed by atoms with E-state index < -0.39 is 0 Å². The lowest BCUT2D eigenvalue weighted by atomic mass is 9.84. The molecule has 0 aliphatic heterocycles. The number of H-pyrrole nitrogens is 1. The van der Waals surface area contributed by atoms with E-state index in [1.165, 1.54) is 25.7 Å². The maximum absolute atomic E-state index is 5.50. The van der Waals surface area contributed by atoms with E-state index in [0.29, 0.717) is 10.8 Å². The van der Waals surface area contributed by atoms with Crippen molar-refractivity contribution in [1.29, 1.82) is 0 Å². The molecule has 0 spiro atoms. The third kappa shape index (κ3) is 1.79. The number of nitrogens with zero attached hydrogens (tertiary/aromatic N) is 2. The van der Waals surface area contributed by atoms with Crippen molar-refractivity contribution >= 4 is 12.2 Å². The van der Waals surface area contributed by atoms with Crippen LogP contribution in [0.1, 0.15) is 38.6 Å². The molecule has 0 saturated heterocycles. The summed E-state index contributed by atoms with van der Waals surface area (Å²) in [5, 5.41) is 7.29. The van der Waals surface area contributed by atoms with E-state index in [9.17, 15) is 0 Å². The van der Waals surface area contributed by atoms with Gasteiger partial charge in [0.05, 0.1) is 6.26 Å². The van der Waals surface area contributed by atoms with Gasteiger partial charge in [-0.05, 0) is 68.3 Å². The van der Waals surface area contributed by atoms with Crippen molar-refractivity contribution in [2.24, 2.45) is 17.8 Å². The first-order chi connectivity index (χ1) is 9.74. The summed E-state index contributed by atoms with van der Waals surface area (Å²) in [6.07, 6.45) is 7.25. The molecule has 4 atom stereocenters. The largest absolute Gasteiger partial charge is 0.461 e. The number of rotatable bonds is 3. The van der Waals surface area contributed by atoms with Crippen molar-refractivity contribution < 1.29 is 4.42 Å². The van der Waals surface area contributed by atoms with Crippen LogP contribution in [-0.4, -0.2) is 14.8 Å². The third-order valence-corrected chi connectivity index (χ3v) is 5.55. The molecular weight excluding hydrogens is 270 g/mol. The molecule has 2 aromatic rings. The van der Waals surface area contributed by atoms with Gasteiger partial charge in [-0.25, -0.2) is 0 Å². The molecule has 20 heavy (non-hydrogen) atoms. The molecule has 1 N–H and O–H groups in total. The summed E-state index contributed by atoms with van der Waals surface area (Å²) in [5.41, 5.74) is 0. The highest BCUT2D eigenvalue weighted by molar-refractivity contribution is 7.71. The molecule has 0 radical (unpaired) electrons. The average molecular weight is 289 g/mol. The van der Waals surface area contributed by atoms with Crippen LogP contribution in [0, 0.1) is 22.5 Å². The minimum absolute atomic E-state index is 0.386. The van der Waals surface area contributed by atoms with Gasteiger partial charge in [0.15, 0.2) is 16.4 Å². The van der Waals surface area contributed by atoms with Gasteiger partial charge in [0.2, 0.25) is 0 Å². The molecule has 4 rings (SSSR count). The normalized spacial score (nSPS) is 29.9. The Morgan fingerprint density at radius 3 is 3.00 bits per heavy atom. The van der Waals surface area contributed by atoms with Gasteiger partial charge in [0, 0.05) is 6.04 Å². The van der Waals surface area contributed by atoms with Crippen molar-refractivity contribution in [2.75, 3.05) is 0 Å². The maximum atomic E-state index is 5.50. The van der Waals surface area contributed by atoms with Crippen LogP contribution in [0.15, 0.2) is 22.8 Å². The zero-order valence-electron chi connectivity index (χ0n) is 11.6. The molecule has 2 heterocycles. The Morgan fingerprint density at radius 1 is 1.45 bits per heavy atom. The van der Waals surface area contributed by atoms with Crippen molar-refractivity contribution in [1.82, 2.24) is 14.8 Å². The van der Waals surface area contributed by atoms with E-state index in [1.807, 2.05) is 12.1 Å². The first-order valence-electron chi connectivity index (χ1n) is 7.45. The highest BCUT2D eigenvalue weighted by atomic mass is 32.1. The topological polar surface area (TPSA) is 46.8 Å². The molecule has 2 bridgehead atoms. The first kappa shape index (κ1) is 12.4. The molecular formula is C15H19N3OS. The van der Waals surface area contributed by atoms with Crippen LogP contribution in [0.2, 0.25) is 0 Å². The van der Waals surface area contributed by atoms with Crippen LogP contribution in [0.3, 0.4) is 0 Å². The minimum atomic E-state index is 0.386. The number of fused-ring (bicyclic) bond motifs is 2. The van der Waals surface area contributed by atoms with Gasteiger partial charge in [-0.2, -0.15) is 5.10 Å². The van der Waals surface area contributed by atoms with E-state index in [2.05, 4.69) is 21.7 Å². The Labute approximate surface area is 123 Å². The van der Waals surface area contributed by atoms with Crippen molar-refractivity contribution in [2.45, 2.75) is 38.6 Å². The molecule has 0 unspecified atom stereocenters. The number of hydrogen-bond acceptors (Lipinski definition) is 3. The lowest BCUT2D eigenvalue weighted by molar-refractivity contribution is 0.242. The van der Waals surface area contributed by atoms with E-state index in [4.69, 9.17) is 16.6 Å². The van der Waals surface area contributed by atoms with E-state index >= 15 is 0 Å². The van der Waals surface area contributed by atoms with Gasteiger partial charge in [-0.15, -0.1) is 0 Å². The standard InChI is InChI=1S/C15H19N3OS/c1-9(12-8-10-4-5-11(12)7-10)18-14(16-17-15(18)20)13-3-2-6-19-13/h2-3,6,9-12H,4-5,7-8H2,1H3,(H,17,20)/t9-,10+,11+,12+/m0/s1. The number of hydrogen-bond donors (Lipinski definition) is 1. The van der Waals surface area contributed by atoms with Crippen LogP contribution >= 0.6 is 12.2 Å². The van der Waals surface area contributed by atoms with Crippen molar-refractivity contribution in [3.05, 3.63) is 23.2 Å². The monoisotopic (exact) mass is 289 g/mol. The summed E-state index contributed by atoms with van der Waals surface area (Å²) in [4.78, 5) is 0. The third-order valence-electron chi connectivity index (χ3n) is 5.27. The highest BCUT2D eigenvalue weighted by Crippen LogP contribution is 2.52. The Hall–Kier alpha value is -1.36. The molecule has 2 aliphatic carbocycles. The van der Waals surface area contributed by atoms with Gasteiger partial charge in [-0.3, -0.25) is 9.67 Å². The molecule has 0 aromatic carbocycles. The summed E-state index contributed by atoms with van der Waals surface area (Å²) in [5.74, 6) is 4.16. The lowest BCUT2D eigenvalue weighted by Crippen LogP contribution is -2.22. The maximum Gasteiger partial charge on any atom is 0.198 e. The van der Waals surface area contributed by atoms with E-state index in [0.717, 1.165) is 29.3 Å². The summed E-state index contributed by atoms with van der Waals surface area (Å²) in [7, 11) is 0. The van der Waals surface area contributed by atoms with Crippen LogP contribution in [0.5, 0.6) is 0 Å². The second kappa shape index (κ2) is 4.58. The first-order valence-corrected chi connectivity index (χ1v) is 7.85. The molecule has 0 amide bonds. The number of aromatic amines is 1. The van der Waals surface area contributed by atoms with Crippen LogP contribution in [0.25, 0.3) is 11.6 Å². The summed E-state index contributed by atoms with van der Waals surface area (Å²) >= 11 is 5.45. The van der Waals surface area contributed by atoms with Gasteiger partial charge in [0.1, 0.15) is 0 Å². The Bertz CT molecular complexity index is 657. The summed E-state index contributed by atoms with van der Waals surface area (Å²) in [6.45, 7) is 2.28. The van der Waals surface area contributed by atoms with Crippen LogP contribution in [-0.2, 0) is 0 Å². The lowest BCUT2D eigenvalue weighted by Gasteiger charge is -2.29. The Kier molecular flexibility index (Phi) is 2.84. The summed E-state index contributed by atoms with van der Waals surface area (Å²) < 4.78 is 8.35. The van der Waals surface area contributed by atoms with Gasteiger partial charge >= 0.3 is 0 Å². The molecule has 4 nitrogen and oxygen atoms in total. The zero-order valence-corrected chi connectivity index (χ0v) is 12.4. The molecule has 2 saturated carbocycles. The Morgan fingerprint density at radius 2 is 2.35 bits per heavy atom. The number of furan rings is 1. The SMILES string of the molecule is C[C@@H]([C@H]1C[C@@H]2CC[C@@H]1C2)n1c(-c2ccco2)n[nH]c1=S. The van der Waals surface area contributed by atoms with E-state index in [1.54, 1.807) is 6.26 Å². The minimum Gasteiger partial charge on any atom is -0.461 e. The molecule has 2 fully saturated rings. The number of aromatic nitrogens is 3. The van der Waals surface area contributed by atoms with Gasteiger partial charge in [0.25, 0.3) is 0 Å². The average Bonchev–Trinajstić information content (AvgIpc) is 3.21. The Balaban J connectivity index is 1.71. The second-order valence-corrected chi connectivity index (χ2v) is 6.67. The molecule has 2 aromatic heterocycles. The van der Waals surface area contributed by atoms with E-state index in [-0.39, 0.29) is 0 Å². The second-order valence-electron chi connectivity index (χ2n) is 6.28. The van der Waals surface area contributed by atoms with Gasteiger partial charge in [-0.1, -0.05) is 6.42 Å². The number of nitrogens with one attached hydrogen (secondary N) is 1. The fourth-order valence-electron chi connectivity index (χ4n) is 4.34. The van der Waals surface area contributed by atoms with Crippen LogP contribution in [0.4, 0.5) is 0 Å². The summed E-state index contributed by atoms with van der Waals surface area (Å²) in [6, 6.07) is 4.21. The smallest absolute Gasteiger partial charge is 0.198 e. The van der Waals surface area contributed by atoms with Crippen molar-refractivity contribution in [3.63, 3.8) is 0 Å². The fourth-order valence-corrected chi connectivity index (χ4v) is 4.64. The van der Waals surface area contributed by atoms with Crippen LogP contribution < -0.4 is 0 Å². The van der Waals surface area contributed by atoms with Crippen molar-refractivity contribution in [3.8, 4) is 11.6 Å². The quantitative estimate of drug-likeness (QED) is 0.861. The molecule has 2 aliphatic rings. The predicted molar refractivity (Wildman–Crippen MR) is 78.8 cm³/mol. The predicted octanol–water partition coefficient (Wildman–Crippen LogP) is 4.20. The van der Waals surface area contributed by atoms with Gasteiger partial charge < -0.3 is 4.42 Å². The zero-order chi connectivity index (χ0) is 13.7. The molecule has 106 valence electrons. The fraction of sp³-hybridized carbons (Fsp3) is 0.600. The highest BCUT2D eigenvalue weighted by Gasteiger charge is 2.42. The molecule has 5 heteroatoms.